The molecule has 2 aromatic rings. The van der Waals surface area contributed by atoms with E-state index in [0.717, 1.165) is 18.7 Å². The van der Waals surface area contributed by atoms with Gasteiger partial charge in [-0.2, -0.15) is 0 Å². The summed E-state index contributed by atoms with van der Waals surface area (Å²) in [6.07, 6.45) is 2.14. The summed E-state index contributed by atoms with van der Waals surface area (Å²) in [5.74, 6) is 0. The minimum atomic E-state index is 0.0193. The maximum absolute atomic E-state index is 4.14. The van der Waals surface area contributed by atoms with Gasteiger partial charge in [0.2, 0.25) is 4.34 Å². The van der Waals surface area contributed by atoms with E-state index in [9.17, 15) is 0 Å². The van der Waals surface area contributed by atoms with E-state index in [1.807, 2.05) is 13.8 Å². The van der Waals surface area contributed by atoms with Gasteiger partial charge in [-0.15, -0.1) is 15.3 Å². The molecule has 0 fully saturated rings. The zero-order valence-electron chi connectivity index (χ0n) is 8.42. The van der Waals surface area contributed by atoms with E-state index < -0.39 is 0 Å². The van der Waals surface area contributed by atoms with Gasteiger partial charge in [-0.1, -0.05) is 16.4 Å². The molecule has 0 aliphatic rings. The Bertz CT molecular complexity index is 451. The van der Waals surface area contributed by atoms with E-state index in [-0.39, 0.29) is 9.93 Å². The van der Waals surface area contributed by atoms with Crippen LogP contribution in [0.5, 0.6) is 0 Å². The average molecular weight is 277 g/mol. The highest BCUT2D eigenvalue weighted by atomic mass is 33.1. The van der Waals surface area contributed by atoms with Crippen molar-refractivity contribution in [2.75, 3.05) is 6.26 Å². The van der Waals surface area contributed by atoms with Gasteiger partial charge in [0, 0.05) is 0 Å². The van der Waals surface area contributed by atoms with Gasteiger partial charge in [0.15, 0.2) is 10.8 Å². The van der Waals surface area contributed by atoms with Crippen molar-refractivity contribution in [1.29, 1.82) is 0 Å². The standard InChI is InChI=1S/C7H9N4S4/c1-4-8-10-6(12-4)14-15(3)7-11-9-5(2)13-7/h1-3H3/q+1. The summed E-state index contributed by atoms with van der Waals surface area (Å²) >= 11 is 3.27. The molecule has 1 atom stereocenters. The molecule has 0 bridgehead atoms. The highest BCUT2D eigenvalue weighted by Crippen LogP contribution is 2.33. The van der Waals surface area contributed by atoms with Crippen molar-refractivity contribution in [2.45, 2.75) is 22.5 Å². The zero-order valence-corrected chi connectivity index (χ0v) is 11.7. The highest BCUT2D eigenvalue weighted by Gasteiger charge is 2.25. The Hall–Kier alpha value is -0.180. The number of nitrogens with zero attached hydrogens (tertiary/aromatic N) is 4. The van der Waals surface area contributed by atoms with Crippen molar-refractivity contribution in [3.63, 3.8) is 0 Å². The zero-order chi connectivity index (χ0) is 10.8. The van der Waals surface area contributed by atoms with Crippen LogP contribution >= 0.6 is 33.5 Å². The van der Waals surface area contributed by atoms with Crippen LogP contribution in [0.1, 0.15) is 10.0 Å². The number of hydrogen-bond donors (Lipinski definition) is 0. The lowest BCUT2D eigenvalue weighted by molar-refractivity contribution is 0.981. The van der Waals surface area contributed by atoms with E-state index >= 15 is 0 Å². The Balaban J connectivity index is 2.06. The van der Waals surface area contributed by atoms with E-state index in [1.165, 1.54) is 0 Å². The first-order valence-corrected chi connectivity index (χ1v) is 8.69. The molecular weight excluding hydrogens is 268 g/mol. The van der Waals surface area contributed by atoms with Crippen LogP contribution in [0.4, 0.5) is 0 Å². The summed E-state index contributed by atoms with van der Waals surface area (Å²) in [6.45, 7) is 3.93. The second-order valence-electron chi connectivity index (χ2n) is 2.71. The average Bonchev–Trinajstić information content (AvgIpc) is 2.75. The third-order valence-corrected chi connectivity index (χ3v) is 7.60. The molecule has 0 amide bonds. The molecule has 0 N–H and O–H groups in total. The summed E-state index contributed by atoms with van der Waals surface area (Å²) < 4.78 is 2.08. The molecule has 0 aliphatic heterocycles. The Kier molecular flexibility index (Phi) is 3.60. The fourth-order valence-electron chi connectivity index (χ4n) is 0.849. The SMILES string of the molecule is Cc1nnc(S[S+](C)c2nnc(C)s2)s1. The quantitative estimate of drug-likeness (QED) is 0.636. The predicted molar refractivity (Wildman–Crippen MR) is 66.7 cm³/mol. The minimum absolute atomic E-state index is 0.0193. The Morgan fingerprint density at radius 1 is 1.00 bits per heavy atom. The number of aryl methyl sites for hydroxylation is 2. The van der Waals surface area contributed by atoms with Crippen LogP contribution in [0.25, 0.3) is 0 Å². The fraction of sp³-hybridized carbons (Fsp3) is 0.429. The molecule has 1 unspecified atom stereocenters. The van der Waals surface area contributed by atoms with Crippen LogP contribution in [0, 0.1) is 13.8 Å². The maximum atomic E-state index is 4.14. The molecule has 0 radical (unpaired) electrons. The molecule has 0 saturated heterocycles. The van der Waals surface area contributed by atoms with E-state index in [4.69, 9.17) is 0 Å². The molecule has 2 rings (SSSR count). The maximum Gasteiger partial charge on any atom is 0.337 e. The second kappa shape index (κ2) is 4.77. The number of aromatic nitrogens is 4. The van der Waals surface area contributed by atoms with Crippen LogP contribution in [-0.2, 0) is 9.93 Å². The molecule has 0 aromatic carbocycles. The van der Waals surface area contributed by atoms with Gasteiger partial charge in [-0.3, -0.25) is 0 Å². The summed E-state index contributed by atoms with van der Waals surface area (Å²) in [4.78, 5) is 0. The van der Waals surface area contributed by atoms with Crippen LogP contribution in [0.3, 0.4) is 0 Å². The first kappa shape index (κ1) is 11.3. The molecule has 0 spiro atoms. The van der Waals surface area contributed by atoms with Gasteiger partial charge in [-0.25, -0.2) is 0 Å². The first-order valence-electron chi connectivity index (χ1n) is 4.09. The molecule has 0 aliphatic carbocycles. The van der Waals surface area contributed by atoms with Gasteiger partial charge in [0.25, 0.3) is 0 Å². The van der Waals surface area contributed by atoms with Crippen molar-refractivity contribution >= 4 is 43.4 Å². The predicted octanol–water partition coefficient (Wildman–Crippen LogP) is 2.32. The van der Waals surface area contributed by atoms with Gasteiger partial charge >= 0.3 is 4.34 Å². The molecule has 0 saturated carbocycles. The number of hydrogen-bond acceptors (Lipinski definition) is 7. The van der Waals surface area contributed by atoms with Crippen LogP contribution in [0.2, 0.25) is 0 Å². The van der Waals surface area contributed by atoms with Crippen molar-refractivity contribution < 1.29 is 0 Å². The topological polar surface area (TPSA) is 51.6 Å². The summed E-state index contributed by atoms with van der Waals surface area (Å²) in [6, 6.07) is 0. The summed E-state index contributed by atoms with van der Waals surface area (Å²) in [5.41, 5.74) is 0. The molecule has 80 valence electrons. The van der Waals surface area contributed by atoms with Crippen LogP contribution in [0.15, 0.2) is 8.68 Å². The van der Waals surface area contributed by atoms with E-state index in [1.54, 1.807) is 33.5 Å². The Morgan fingerprint density at radius 2 is 1.67 bits per heavy atom. The lowest BCUT2D eigenvalue weighted by Gasteiger charge is -1.89. The molecular formula is C7H9N4S4+. The van der Waals surface area contributed by atoms with Crippen molar-refractivity contribution in [3.05, 3.63) is 10.0 Å². The third kappa shape index (κ3) is 2.90. The van der Waals surface area contributed by atoms with Crippen molar-refractivity contribution in [1.82, 2.24) is 20.4 Å². The van der Waals surface area contributed by atoms with E-state index in [2.05, 4.69) is 26.7 Å². The lowest BCUT2D eigenvalue weighted by Crippen LogP contribution is -1.92. The van der Waals surface area contributed by atoms with E-state index in [0.29, 0.717) is 0 Å². The molecule has 15 heavy (non-hydrogen) atoms. The summed E-state index contributed by atoms with van der Waals surface area (Å²) in [5, 5.41) is 18.2. The molecule has 2 heterocycles. The largest absolute Gasteiger partial charge is 0.337 e. The molecule has 8 heteroatoms. The lowest BCUT2D eigenvalue weighted by atomic mass is 10.9. The molecule has 2 aromatic heterocycles. The third-order valence-electron chi connectivity index (χ3n) is 1.46. The smallest absolute Gasteiger partial charge is 0.143 e. The fourth-order valence-corrected chi connectivity index (χ4v) is 6.42. The highest BCUT2D eigenvalue weighted by molar-refractivity contribution is 8.74. The number of rotatable bonds is 3. The van der Waals surface area contributed by atoms with Crippen LogP contribution < -0.4 is 0 Å². The monoisotopic (exact) mass is 277 g/mol. The first-order chi connectivity index (χ1) is 7.15. The second-order valence-corrected chi connectivity index (χ2v) is 9.44. The van der Waals surface area contributed by atoms with Crippen molar-refractivity contribution in [2.24, 2.45) is 0 Å². The van der Waals surface area contributed by atoms with Crippen LogP contribution in [-0.4, -0.2) is 26.7 Å². The van der Waals surface area contributed by atoms with Gasteiger partial charge in [0.05, 0.1) is 0 Å². The van der Waals surface area contributed by atoms with Crippen molar-refractivity contribution in [3.8, 4) is 0 Å². The normalized spacial score (nSPS) is 13.0. The Labute approximate surface area is 102 Å². The Morgan fingerprint density at radius 3 is 2.20 bits per heavy atom. The van der Waals surface area contributed by atoms with Gasteiger partial charge in [-0.05, 0) is 25.2 Å². The van der Waals surface area contributed by atoms with Gasteiger partial charge < -0.3 is 0 Å². The minimum Gasteiger partial charge on any atom is -0.143 e. The van der Waals surface area contributed by atoms with Gasteiger partial charge in [0.1, 0.15) is 26.2 Å². The summed E-state index contributed by atoms with van der Waals surface area (Å²) in [7, 11) is 1.73. The molecule has 4 nitrogen and oxygen atoms in total.